The molecule has 0 spiro atoms. The van der Waals surface area contributed by atoms with Gasteiger partial charge in [-0.2, -0.15) is 0 Å². The third kappa shape index (κ3) is 3.23. The predicted octanol–water partition coefficient (Wildman–Crippen LogP) is 3.13. The summed E-state index contributed by atoms with van der Waals surface area (Å²) >= 11 is 0. The minimum Gasteiger partial charge on any atom is -0.343 e. The fraction of sp³-hybridized carbons (Fsp3) is 0.476. The first kappa shape index (κ1) is 16.4. The van der Waals surface area contributed by atoms with E-state index in [9.17, 15) is 4.79 Å². The van der Waals surface area contributed by atoms with Gasteiger partial charge in [-0.15, -0.1) is 0 Å². The van der Waals surface area contributed by atoms with Gasteiger partial charge in [-0.3, -0.25) is 9.69 Å². The molecule has 4 nitrogen and oxygen atoms in total. The Balaban J connectivity index is 1.50. The molecule has 2 aromatic rings. The average Bonchev–Trinajstić information content (AvgIpc) is 3.25. The second-order valence-corrected chi connectivity index (χ2v) is 7.51. The van der Waals surface area contributed by atoms with Gasteiger partial charge < -0.3 is 9.47 Å². The number of amides is 1. The van der Waals surface area contributed by atoms with Crippen molar-refractivity contribution in [3.05, 3.63) is 58.4 Å². The number of rotatable bonds is 3. The number of carbonyl (C=O) groups excluding carboxylic acids is 1. The fourth-order valence-corrected chi connectivity index (χ4v) is 4.13. The lowest BCUT2D eigenvalue weighted by molar-refractivity contribution is 0.0783. The van der Waals surface area contributed by atoms with Crippen LogP contribution in [0, 0.1) is 6.92 Å². The number of nitrogens with zero attached hydrogens (tertiary/aromatic N) is 3. The minimum absolute atomic E-state index is 0.208. The van der Waals surface area contributed by atoms with Crippen molar-refractivity contribution in [2.24, 2.45) is 7.05 Å². The highest BCUT2D eigenvalue weighted by Gasteiger charge is 2.27. The normalized spacial score (nSPS) is 17.8. The van der Waals surface area contributed by atoms with Crippen molar-refractivity contribution in [3.63, 3.8) is 0 Å². The van der Waals surface area contributed by atoms with Gasteiger partial charge in [0.1, 0.15) is 5.69 Å². The molecule has 0 radical (unpaired) electrons. The molecule has 0 bridgehead atoms. The smallest absolute Gasteiger partial charge is 0.270 e. The number of likely N-dealkylation sites (tertiary alicyclic amines) is 1. The maximum atomic E-state index is 12.8. The van der Waals surface area contributed by atoms with Gasteiger partial charge in [-0.1, -0.05) is 29.8 Å². The van der Waals surface area contributed by atoms with Crippen LogP contribution in [0.1, 0.15) is 45.7 Å². The molecule has 2 aliphatic heterocycles. The molecule has 0 unspecified atom stereocenters. The highest BCUT2D eigenvalue weighted by Crippen LogP contribution is 2.25. The lowest BCUT2D eigenvalue weighted by Crippen LogP contribution is -2.31. The number of aryl methyl sites for hydroxylation is 1. The van der Waals surface area contributed by atoms with E-state index in [0.717, 1.165) is 57.7 Å². The maximum Gasteiger partial charge on any atom is 0.270 e. The Labute approximate surface area is 150 Å². The van der Waals surface area contributed by atoms with E-state index in [1.54, 1.807) is 0 Å². The Morgan fingerprint density at radius 3 is 2.52 bits per heavy atom. The van der Waals surface area contributed by atoms with Gasteiger partial charge in [-0.25, -0.2) is 0 Å². The monoisotopic (exact) mass is 337 g/mol. The van der Waals surface area contributed by atoms with Crippen LogP contribution in [0.3, 0.4) is 0 Å². The molecule has 132 valence electrons. The van der Waals surface area contributed by atoms with Gasteiger partial charge in [0.2, 0.25) is 0 Å². The van der Waals surface area contributed by atoms with Crippen LogP contribution in [-0.2, 0) is 26.6 Å². The Hall–Kier alpha value is -2.07. The van der Waals surface area contributed by atoms with E-state index in [1.807, 2.05) is 4.90 Å². The van der Waals surface area contributed by atoms with Crippen LogP contribution < -0.4 is 0 Å². The SMILES string of the molecule is Cc1ccc(CN2CCc3c(cc(C(=O)N4CCCC4)n3C)C2)cc1. The Morgan fingerprint density at radius 2 is 1.80 bits per heavy atom. The van der Waals surface area contributed by atoms with Crippen LogP contribution in [0.15, 0.2) is 30.3 Å². The first-order chi connectivity index (χ1) is 12.1. The molecule has 1 aromatic carbocycles. The summed E-state index contributed by atoms with van der Waals surface area (Å²) in [7, 11) is 2.05. The molecule has 0 atom stereocenters. The highest BCUT2D eigenvalue weighted by atomic mass is 16.2. The van der Waals surface area contributed by atoms with Crippen molar-refractivity contribution in [2.75, 3.05) is 19.6 Å². The first-order valence-corrected chi connectivity index (χ1v) is 9.36. The summed E-state index contributed by atoms with van der Waals surface area (Å²) in [5.41, 5.74) is 6.19. The molecular weight excluding hydrogens is 310 g/mol. The van der Waals surface area contributed by atoms with Crippen molar-refractivity contribution in [1.82, 2.24) is 14.4 Å². The molecule has 1 saturated heterocycles. The van der Waals surface area contributed by atoms with Crippen molar-refractivity contribution in [1.29, 1.82) is 0 Å². The summed E-state index contributed by atoms with van der Waals surface area (Å²) in [4.78, 5) is 17.3. The molecule has 3 heterocycles. The van der Waals surface area contributed by atoms with Gasteiger partial charge >= 0.3 is 0 Å². The summed E-state index contributed by atoms with van der Waals surface area (Å²) < 4.78 is 2.14. The lowest BCUT2D eigenvalue weighted by Gasteiger charge is -2.27. The predicted molar refractivity (Wildman–Crippen MR) is 99.5 cm³/mol. The molecule has 4 rings (SSSR count). The van der Waals surface area contributed by atoms with Crippen molar-refractivity contribution < 1.29 is 4.79 Å². The van der Waals surface area contributed by atoms with Crippen LogP contribution in [0.5, 0.6) is 0 Å². The maximum absolute atomic E-state index is 12.8. The van der Waals surface area contributed by atoms with Crippen molar-refractivity contribution in [2.45, 2.75) is 39.3 Å². The van der Waals surface area contributed by atoms with Gasteiger partial charge in [-0.05, 0) is 37.0 Å². The van der Waals surface area contributed by atoms with Crippen LogP contribution >= 0.6 is 0 Å². The standard InChI is InChI=1S/C21H27N3O/c1-16-5-7-17(8-6-16)14-23-12-9-19-18(15-23)13-20(22(19)2)21(25)24-10-3-4-11-24/h5-8,13H,3-4,9-12,14-15H2,1-2H3. The summed E-state index contributed by atoms with van der Waals surface area (Å²) in [6.07, 6.45) is 3.30. The third-order valence-electron chi connectivity index (χ3n) is 5.65. The Morgan fingerprint density at radius 1 is 1.08 bits per heavy atom. The number of hydrogen-bond acceptors (Lipinski definition) is 2. The zero-order valence-corrected chi connectivity index (χ0v) is 15.3. The molecule has 1 fully saturated rings. The topological polar surface area (TPSA) is 28.5 Å². The van der Waals surface area contributed by atoms with E-state index in [0.29, 0.717) is 0 Å². The molecule has 2 aliphatic rings. The van der Waals surface area contributed by atoms with Gasteiger partial charge in [0.05, 0.1) is 0 Å². The van der Waals surface area contributed by atoms with Crippen LogP contribution in [0.25, 0.3) is 0 Å². The quantitative estimate of drug-likeness (QED) is 0.861. The zero-order valence-electron chi connectivity index (χ0n) is 15.3. The summed E-state index contributed by atoms with van der Waals surface area (Å²) in [5, 5.41) is 0. The van der Waals surface area contributed by atoms with Crippen molar-refractivity contribution in [3.8, 4) is 0 Å². The van der Waals surface area contributed by atoms with Crippen molar-refractivity contribution >= 4 is 5.91 Å². The fourth-order valence-electron chi connectivity index (χ4n) is 4.13. The minimum atomic E-state index is 0.208. The second-order valence-electron chi connectivity index (χ2n) is 7.51. The second kappa shape index (κ2) is 6.68. The average molecular weight is 337 g/mol. The molecule has 1 amide bonds. The summed E-state index contributed by atoms with van der Waals surface area (Å²) in [6, 6.07) is 10.9. The summed E-state index contributed by atoms with van der Waals surface area (Å²) in [6.45, 7) is 6.91. The molecule has 1 aromatic heterocycles. The van der Waals surface area contributed by atoms with Crippen LogP contribution in [0.4, 0.5) is 0 Å². The number of fused-ring (bicyclic) bond motifs is 1. The number of carbonyl (C=O) groups is 1. The highest BCUT2D eigenvalue weighted by molar-refractivity contribution is 5.93. The molecule has 0 N–H and O–H groups in total. The van der Waals surface area contributed by atoms with Crippen LogP contribution in [0.2, 0.25) is 0 Å². The molecule has 0 saturated carbocycles. The number of hydrogen-bond donors (Lipinski definition) is 0. The lowest BCUT2D eigenvalue weighted by atomic mass is 10.1. The van der Waals surface area contributed by atoms with E-state index >= 15 is 0 Å². The largest absolute Gasteiger partial charge is 0.343 e. The van der Waals surface area contributed by atoms with E-state index in [4.69, 9.17) is 0 Å². The molecule has 0 aliphatic carbocycles. The van der Waals surface area contributed by atoms with E-state index in [2.05, 4.69) is 53.8 Å². The first-order valence-electron chi connectivity index (χ1n) is 9.36. The van der Waals surface area contributed by atoms with E-state index < -0.39 is 0 Å². The Kier molecular flexibility index (Phi) is 4.38. The molecular formula is C21H27N3O. The summed E-state index contributed by atoms with van der Waals surface area (Å²) in [5.74, 6) is 0.208. The third-order valence-corrected chi connectivity index (χ3v) is 5.65. The van der Waals surface area contributed by atoms with Crippen LogP contribution in [-0.4, -0.2) is 39.9 Å². The van der Waals surface area contributed by atoms with E-state index in [-0.39, 0.29) is 5.91 Å². The number of aromatic nitrogens is 1. The van der Waals surface area contributed by atoms with Gasteiger partial charge in [0.25, 0.3) is 5.91 Å². The van der Waals surface area contributed by atoms with E-state index in [1.165, 1.54) is 22.4 Å². The molecule has 25 heavy (non-hydrogen) atoms. The van der Waals surface area contributed by atoms with Gasteiger partial charge in [0, 0.05) is 51.9 Å². The molecule has 4 heteroatoms. The van der Waals surface area contributed by atoms with Gasteiger partial charge in [0.15, 0.2) is 0 Å². The Bertz CT molecular complexity index is 769. The number of benzene rings is 1. The zero-order chi connectivity index (χ0) is 17.4.